The molecule has 0 fully saturated rings. The minimum Gasteiger partial charge on any atom is -0.370 e. The zero-order chi connectivity index (χ0) is 8.65. The predicted octanol–water partition coefficient (Wildman–Crippen LogP) is -0.154. The Morgan fingerprint density at radius 2 is 2.18 bits per heavy atom. The van der Waals surface area contributed by atoms with Gasteiger partial charge in [-0.1, -0.05) is 13.8 Å². The summed E-state index contributed by atoms with van der Waals surface area (Å²) in [6.07, 6.45) is 0. The SMILES string of the molecule is CC(C)C1(C)N=C(N)NC1=O. The first kappa shape index (κ1) is 8.04. The highest BCUT2D eigenvalue weighted by Gasteiger charge is 2.40. The molecule has 1 rings (SSSR count). The number of nitrogens with zero attached hydrogens (tertiary/aromatic N) is 1. The summed E-state index contributed by atoms with van der Waals surface area (Å²) < 4.78 is 0. The van der Waals surface area contributed by atoms with Gasteiger partial charge in [-0.2, -0.15) is 0 Å². The van der Waals surface area contributed by atoms with E-state index in [0.29, 0.717) is 0 Å². The van der Waals surface area contributed by atoms with Crippen LogP contribution in [0.5, 0.6) is 0 Å². The third-order valence-corrected chi connectivity index (χ3v) is 2.18. The van der Waals surface area contributed by atoms with Crippen molar-refractivity contribution in [3.8, 4) is 0 Å². The topological polar surface area (TPSA) is 67.5 Å². The molecule has 1 unspecified atom stereocenters. The van der Waals surface area contributed by atoms with E-state index < -0.39 is 5.54 Å². The van der Waals surface area contributed by atoms with E-state index in [1.54, 1.807) is 6.92 Å². The highest BCUT2D eigenvalue weighted by molar-refractivity contribution is 6.06. The van der Waals surface area contributed by atoms with Crippen molar-refractivity contribution in [3.63, 3.8) is 0 Å². The van der Waals surface area contributed by atoms with Gasteiger partial charge in [-0.25, -0.2) is 4.99 Å². The molecule has 1 aliphatic heterocycles. The van der Waals surface area contributed by atoms with E-state index in [4.69, 9.17) is 5.73 Å². The lowest BCUT2D eigenvalue weighted by atomic mass is 9.89. The van der Waals surface area contributed by atoms with E-state index in [9.17, 15) is 4.79 Å². The molecule has 0 spiro atoms. The van der Waals surface area contributed by atoms with Crippen LogP contribution < -0.4 is 11.1 Å². The minimum absolute atomic E-state index is 0.106. The summed E-state index contributed by atoms with van der Waals surface area (Å²) >= 11 is 0. The van der Waals surface area contributed by atoms with Crippen molar-refractivity contribution in [2.75, 3.05) is 0 Å². The van der Waals surface area contributed by atoms with Crippen molar-refractivity contribution in [1.29, 1.82) is 0 Å². The fraction of sp³-hybridized carbons (Fsp3) is 0.714. The molecule has 1 amide bonds. The largest absolute Gasteiger partial charge is 0.370 e. The Morgan fingerprint density at radius 1 is 1.64 bits per heavy atom. The van der Waals surface area contributed by atoms with Gasteiger partial charge in [0, 0.05) is 0 Å². The van der Waals surface area contributed by atoms with Crippen LogP contribution >= 0.6 is 0 Å². The summed E-state index contributed by atoms with van der Waals surface area (Å²) in [6, 6.07) is 0. The monoisotopic (exact) mass is 155 g/mol. The first-order valence-corrected chi connectivity index (χ1v) is 3.63. The number of nitrogens with one attached hydrogen (secondary N) is 1. The molecule has 62 valence electrons. The van der Waals surface area contributed by atoms with Crippen LogP contribution in [0.2, 0.25) is 0 Å². The molecule has 0 aromatic heterocycles. The highest BCUT2D eigenvalue weighted by atomic mass is 16.2. The van der Waals surface area contributed by atoms with Crippen LogP contribution in [0.25, 0.3) is 0 Å². The predicted molar refractivity (Wildman–Crippen MR) is 43.0 cm³/mol. The molecule has 4 nitrogen and oxygen atoms in total. The van der Waals surface area contributed by atoms with Gasteiger partial charge in [-0.15, -0.1) is 0 Å². The zero-order valence-corrected chi connectivity index (χ0v) is 7.01. The van der Waals surface area contributed by atoms with Gasteiger partial charge in [0.1, 0.15) is 5.54 Å². The van der Waals surface area contributed by atoms with Crippen LogP contribution in [0.15, 0.2) is 4.99 Å². The molecule has 11 heavy (non-hydrogen) atoms. The Bertz CT molecular complexity index is 222. The van der Waals surface area contributed by atoms with Crippen LogP contribution in [0.3, 0.4) is 0 Å². The van der Waals surface area contributed by atoms with Gasteiger partial charge in [0.05, 0.1) is 0 Å². The smallest absolute Gasteiger partial charge is 0.254 e. The summed E-state index contributed by atoms with van der Waals surface area (Å²) in [5.41, 5.74) is 4.69. The van der Waals surface area contributed by atoms with Gasteiger partial charge < -0.3 is 5.73 Å². The lowest BCUT2D eigenvalue weighted by Gasteiger charge is -2.21. The van der Waals surface area contributed by atoms with Crippen molar-refractivity contribution < 1.29 is 4.79 Å². The van der Waals surface area contributed by atoms with Crippen LogP contribution in [-0.2, 0) is 4.79 Å². The lowest BCUT2D eigenvalue weighted by Crippen LogP contribution is -2.42. The van der Waals surface area contributed by atoms with Crippen LogP contribution in [0.1, 0.15) is 20.8 Å². The molecule has 1 atom stereocenters. The van der Waals surface area contributed by atoms with Crippen molar-refractivity contribution in [3.05, 3.63) is 0 Å². The van der Waals surface area contributed by atoms with E-state index in [2.05, 4.69) is 10.3 Å². The number of guanidine groups is 1. The second-order valence-electron chi connectivity index (χ2n) is 3.25. The molecule has 0 aromatic carbocycles. The fourth-order valence-electron chi connectivity index (χ4n) is 0.963. The molecule has 0 aromatic rings. The molecule has 4 heteroatoms. The number of amides is 1. The van der Waals surface area contributed by atoms with E-state index >= 15 is 0 Å². The number of carbonyl (C=O) groups excluding carboxylic acids is 1. The zero-order valence-electron chi connectivity index (χ0n) is 7.01. The molecule has 0 saturated carbocycles. The maximum Gasteiger partial charge on any atom is 0.254 e. The van der Waals surface area contributed by atoms with Crippen molar-refractivity contribution >= 4 is 11.9 Å². The molecule has 1 aliphatic rings. The van der Waals surface area contributed by atoms with Crippen LogP contribution in [0, 0.1) is 5.92 Å². The summed E-state index contributed by atoms with van der Waals surface area (Å²) in [6.45, 7) is 5.68. The third-order valence-electron chi connectivity index (χ3n) is 2.18. The summed E-state index contributed by atoms with van der Waals surface area (Å²) in [5.74, 6) is 0.291. The molecule has 1 heterocycles. The number of hydrogen-bond donors (Lipinski definition) is 2. The second kappa shape index (κ2) is 2.22. The average molecular weight is 155 g/mol. The van der Waals surface area contributed by atoms with Crippen molar-refractivity contribution in [2.24, 2.45) is 16.6 Å². The van der Waals surface area contributed by atoms with Gasteiger partial charge in [-0.05, 0) is 12.8 Å². The normalized spacial score (nSPS) is 30.5. The van der Waals surface area contributed by atoms with Gasteiger partial charge in [0.25, 0.3) is 5.91 Å². The Balaban J connectivity index is 2.94. The Labute approximate surface area is 65.9 Å². The Hall–Kier alpha value is -1.06. The Morgan fingerprint density at radius 3 is 2.36 bits per heavy atom. The molecule has 0 bridgehead atoms. The average Bonchev–Trinajstić information content (AvgIpc) is 2.08. The molecular weight excluding hydrogens is 142 g/mol. The Kier molecular flexibility index (Phi) is 1.62. The van der Waals surface area contributed by atoms with Crippen molar-refractivity contribution in [2.45, 2.75) is 26.3 Å². The number of aliphatic imine (C=N–C) groups is 1. The third kappa shape index (κ3) is 1.08. The van der Waals surface area contributed by atoms with Gasteiger partial charge in [0.15, 0.2) is 5.96 Å². The van der Waals surface area contributed by atoms with Crippen LogP contribution in [-0.4, -0.2) is 17.4 Å². The maximum atomic E-state index is 11.2. The summed E-state index contributed by atoms with van der Waals surface area (Å²) in [5, 5.41) is 2.48. The minimum atomic E-state index is -0.663. The van der Waals surface area contributed by atoms with E-state index in [1.165, 1.54) is 0 Å². The summed E-state index contributed by atoms with van der Waals surface area (Å²) in [4.78, 5) is 15.3. The lowest BCUT2D eigenvalue weighted by molar-refractivity contribution is -0.124. The number of carbonyl (C=O) groups is 1. The first-order chi connectivity index (χ1) is 4.97. The van der Waals surface area contributed by atoms with Crippen molar-refractivity contribution in [1.82, 2.24) is 5.32 Å². The fourth-order valence-corrected chi connectivity index (χ4v) is 0.963. The van der Waals surface area contributed by atoms with E-state index in [1.807, 2.05) is 13.8 Å². The van der Waals surface area contributed by atoms with E-state index in [0.717, 1.165) is 0 Å². The number of nitrogens with two attached hydrogens (primary N) is 1. The number of hydrogen-bond acceptors (Lipinski definition) is 3. The molecular formula is C7H13N3O. The highest BCUT2D eigenvalue weighted by Crippen LogP contribution is 2.24. The first-order valence-electron chi connectivity index (χ1n) is 3.63. The van der Waals surface area contributed by atoms with Gasteiger partial charge >= 0.3 is 0 Å². The molecule has 0 saturated heterocycles. The standard InChI is InChI=1S/C7H13N3O/c1-4(2)7(3)5(11)9-6(8)10-7/h4H,1-3H3,(H3,8,9,10,11). The second-order valence-corrected chi connectivity index (χ2v) is 3.25. The summed E-state index contributed by atoms with van der Waals surface area (Å²) in [7, 11) is 0. The molecule has 3 N–H and O–H groups in total. The van der Waals surface area contributed by atoms with Gasteiger partial charge in [0.2, 0.25) is 0 Å². The number of rotatable bonds is 1. The quantitative estimate of drug-likeness (QED) is 0.552. The maximum absolute atomic E-state index is 11.2. The van der Waals surface area contributed by atoms with Crippen LogP contribution in [0.4, 0.5) is 0 Å². The van der Waals surface area contributed by atoms with Gasteiger partial charge in [-0.3, -0.25) is 10.1 Å². The molecule has 0 radical (unpaired) electrons. The molecule has 0 aliphatic carbocycles. The van der Waals surface area contributed by atoms with E-state index in [-0.39, 0.29) is 17.8 Å².